The fraction of sp³-hybridized carbons (Fsp3) is 0.364. The lowest BCUT2D eigenvalue weighted by Crippen LogP contribution is -2.40. The molecule has 1 fully saturated rings. The van der Waals surface area contributed by atoms with Crippen LogP contribution in [0.3, 0.4) is 0 Å². The predicted octanol–water partition coefficient (Wildman–Crippen LogP) is 4.34. The van der Waals surface area contributed by atoms with Gasteiger partial charge in [-0.25, -0.2) is 4.98 Å². The first-order valence-electron chi connectivity index (χ1n) is 9.61. The second-order valence-electron chi connectivity index (χ2n) is 7.35. The standard InChI is InChI=1S/C22H24ClN3O/c1-15(19-9-5-6-12-24-19)21-25-20-13-17(23)10-11-18(20)22(27)26(21)14-16-7-3-2-4-8-16/h2-4,7-8,10-11,13,15,19,24H,5-6,9,12,14H2,1H3. The van der Waals surface area contributed by atoms with Crippen molar-refractivity contribution >= 4 is 22.5 Å². The van der Waals surface area contributed by atoms with Gasteiger partial charge in [0.2, 0.25) is 0 Å². The first-order valence-corrected chi connectivity index (χ1v) is 9.98. The Hall–Kier alpha value is -2.17. The number of halogens is 1. The van der Waals surface area contributed by atoms with Crippen molar-refractivity contribution in [3.8, 4) is 0 Å². The van der Waals surface area contributed by atoms with Gasteiger partial charge >= 0.3 is 0 Å². The SMILES string of the molecule is CC(c1nc2cc(Cl)ccc2c(=O)n1Cc1ccccc1)C1CCCCN1. The highest BCUT2D eigenvalue weighted by molar-refractivity contribution is 6.31. The zero-order valence-electron chi connectivity index (χ0n) is 15.5. The summed E-state index contributed by atoms with van der Waals surface area (Å²) in [6, 6.07) is 15.7. The van der Waals surface area contributed by atoms with E-state index in [0.29, 0.717) is 28.5 Å². The largest absolute Gasteiger partial charge is 0.313 e. The van der Waals surface area contributed by atoms with E-state index in [9.17, 15) is 4.79 Å². The minimum atomic E-state index is -0.00169. The quantitative estimate of drug-likeness (QED) is 0.731. The lowest BCUT2D eigenvalue weighted by molar-refractivity contribution is 0.347. The Bertz CT molecular complexity index is 994. The number of rotatable bonds is 4. The number of aromatic nitrogens is 2. The number of nitrogens with one attached hydrogen (secondary N) is 1. The van der Waals surface area contributed by atoms with Gasteiger partial charge in [-0.1, -0.05) is 55.3 Å². The molecule has 4 rings (SSSR count). The van der Waals surface area contributed by atoms with E-state index < -0.39 is 0 Å². The number of hydrogen-bond acceptors (Lipinski definition) is 3. The molecule has 1 N–H and O–H groups in total. The highest BCUT2D eigenvalue weighted by Crippen LogP contribution is 2.25. The highest BCUT2D eigenvalue weighted by Gasteiger charge is 2.25. The lowest BCUT2D eigenvalue weighted by atomic mass is 9.92. The van der Waals surface area contributed by atoms with Gasteiger partial charge in [-0.3, -0.25) is 9.36 Å². The number of hydrogen-bond donors (Lipinski definition) is 1. The van der Waals surface area contributed by atoms with E-state index in [4.69, 9.17) is 16.6 Å². The van der Waals surface area contributed by atoms with Crippen molar-refractivity contribution in [2.24, 2.45) is 0 Å². The van der Waals surface area contributed by atoms with Crippen LogP contribution in [0.1, 0.15) is 43.5 Å². The van der Waals surface area contributed by atoms with Crippen LogP contribution in [0.5, 0.6) is 0 Å². The van der Waals surface area contributed by atoms with E-state index in [1.165, 1.54) is 12.8 Å². The second kappa shape index (κ2) is 7.83. The van der Waals surface area contributed by atoms with E-state index in [1.54, 1.807) is 18.2 Å². The maximum atomic E-state index is 13.3. The summed E-state index contributed by atoms with van der Waals surface area (Å²) in [5, 5.41) is 4.82. The molecule has 1 aliphatic heterocycles. The van der Waals surface area contributed by atoms with Gasteiger partial charge in [0.1, 0.15) is 5.82 Å². The molecular weight excluding hydrogens is 358 g/mol. The maximum Gasteiger partial charge on any atom is 0.261 e. The van der Waals surface area contributed by atoms with Gasteiger partial charge in [-0.2, -0.15) is 0 Å². The Morgan fingerprint density at radius 3 is 2.78 bits per heavy atom. The summed E-state index contributed by atoms with van der Waals surface area (Å²) in [6.45, 7) is 3.72. The summed E-state index contributed by atoms with van der Waals surface area (Å²) in [7, 11) is 0. The van der Waals surface area contributed by atoms with E-state index in [1.807, 2.05) is 34.9 Å². The minimum Gasteiger partial charge on any atom is -0.313 e. The lowest BCUT2D eigenvalue weighted by Gasteiger charge is -2.30. The van der Waals surface area contributed by atoms with Crippen molar-refractivity contribution in [1.29, 1.82) is 0 Å². The van der Waals surface area contributed by atoms with Gasteiger partial charge in [0.05, 0.1) is 17.4 Å². The van der Waals surface area contributed by atoms with E-state index in [-0.39, 0.29) is 11.5 Å². The molecule has 1 aromatic heterocycles. The van der Waals surface area contributed by atoms with Crippen molar-refractivity contribution < 1.29 is 0 Å². The predicted molar refractivity (Wildman–Crippen MR) is 111 cm³/mol. The summed E-state index contributed by atoms with van der Waals surface area (Å²) < 4.78 is 1.84. The van der Waals surface area contributed by atoms with Crippen molar-refractivity contribution in [3.63, 3.8) is 0 Å². The molecule has 0 amide bonds. The molecule has 0 aliphatic carbocycles. The molecule has 1 aliphatic rings. The fourth-order valence-corrected chi connectivity index (χ4v) is 4.13. The van der Waals surface area contributed by atoms with Crippen LogP contribution >= 0.6 is 11.6 Å². The van der Waals surface area contributed by atoms with E-state index in [0.717, 1.165) is 24.4 Å². The zero-order valence-corrected chi connectivity index (χ0v) is 16.2. The molecule has 0 radical (unpaired) electrons. The van der Waals surface area contributed by atoms with Crippen LogP contribution in [0.15, 0.2) is 53.3 Å². The average Bonchev–Trinajstić information content (AvgIpc) is 2.70. The summed E-state index contributed by atoms with van der Waals surface area (Å²) in [4.78, 5) is 18.2. The van der Waals surface area contributed by atoms with Gasteiger partial charge in [0.15, 0.2) is 0 Å². The smallest absolute Gasteiger partial charge is 0.261 e. The van der Waals surface area contributed by atoms with Crippen LogP contribution in [0.25, 0.3) is 10.9 Å². The van der Waals surface area contributed by atoms with Crippen LogP contribution in [0.4, 0.5) is 0 Å². The number of nitrogens with zero attached hydrogens (tertiary/aromatic N) is 2. The normalized spacial score (nSPS) is 18.5. The number of fused-ring (bicyclic) bond motifs is 1. The Kier molecular flexibility index (Phi) is 5.28. The highest BCUT2D eigenvalue weighted by atomic mass is 35.5. The molecule has 2 atom stereocenters. The summed E-state index contributed by atoms with van der Waals surface area (Å²) in [5.74, 6) is 0.975. The molecule has 2 heterocycles. The average molecular weight is 382 g/mol. The van der Waals surface area contributed by atoms with Crippen molar-refractivity contribution in [3.05, 3.63) is 75.3 Å². The Balaban J connectivity index is 1.85. The Labute approximate surface area is 164 Å². The molecule has 1 saturated heterocycles. The van der Waals surface area contributed by atoms with Gasteiger partial charge in [0, 0.05) is 17.0 Å². The molecule has 4 nitrogen and oxygen atoms in total. The van der Waals surface area contributed by atoms with Crippen LogP contribution in [0.2, 0.25) is 5.02 Å². The third-order valence-electron chi connectivity index (χ3n) is 5.49. The molecule has 2 unspecified atom stereocenters. The zero-order chi connectivity index (χ0) is 18.8. The maximum absolute atomic E-state index is 13.3. The van der Waals surface area contributed by atoms with Gasteiger partial charge < -0.3 is 5.32 Å². The summed E-state index contributed by atoms with van der Waals surface area (Å²) >= 11 is 6.16. The minimum absolute atomic E-state index is 0.00169. The third-order valence-corrected chi connectivity index (χ3v) is 5.72. The third kappa shape index (κ3) is 3.78. The molecule has 5 heteroatoms. The van der Waals surface area contributed by atoms with Crippen LogP contribution in [0, 0.1) is 0 Å². The van der Waals surface area contributed by atoms with Crippen molar-refractivity contribution in [1.82, 2.24) is 14.9 Å². The van der Waals surface area contributed by atoms with Gasteiger partial charge in [-0.05, 0) is 43.1 Å². The Morgan fingerprint density at radius 1 is 1.22 bits per heavy atom. The molecule has 0 saturated carbocycles. The molecule has 0 bridgehead atoms. The molecule has 2 aromatic carbocycles. The first kappa shape index (κ1) is 18.2. The van der Waals surface area contributed by atoms with E-state index >= 15 is 0 Å². The van der Waals surface area contributed by atoms with Crippen LogP contribution in [-0.2, 0) is 6.54 Å². The van der Waals surface area contributed by atoms with Crippen LogP contribution in [-0.4, -0.2) is 22.1 Å². The molecule has 140 valence electrons. The number of benzene rings is 2. The first-order chi connectivity index (χ1) is 13.1. The fourth-order valence-electron chi connectivity index (χ4n) is 3.96. The van der Waals surface area contributed by atoms with E-state index in [2.05, 4.69) is 12.2 Å². The van der Waals surface area contributed by atoms with Crippen molar-refractivity contribution in [2.45, 2.75) is 44.7 Å². The summed E-state index contributed by atoms with van der Waals surface area (Å²) in [5.41, 5.74) is 1.77. The molecule has 0 spiro atoms. The monoisotopic (exact) mass is 381 g/mol. The van der Waals surface area contributed by atoms with Gasteiger partial charge in [-0.15, -0.1) is 0 Å². The second-order valence-corrected chi connectivity index (χ2v) is 7.79. The Morgan fingerprint density at radius 2 is 2.04 bits per heavy atom. The van der Waals surface area contributed by atoms with Crippen LogP contribution < -0.4 is 10.9 Å². The summed E-state index contributed by atoms with van der Waals surface area (Å²) in [6.07, 6.45) is 3.53. The molecule has 27 heavy (non-hydrogen) atoms. The molecule has 3 aromatic rings. The number of piperidine rings is 1. The topological polar surface area (TPSA) is 46.9 Å². The van der Waals surface area contributed by atoms with Crippen molar-refractivity contribution in [2.75, 3.05) is 6.54 Å². The molecular formula is C22H24ClN3O. The van der Waals surface area contributed by atoms with Gasteiger partial charge in [0.25, 0.3) is 5.56 Å².